The standard InChI is InChI=1S/C34H30F2N6O3S/c1-5-29(43)41-9-10-42-26(19(41)2)17-25(39-42)33-31(30-23(36)15-21(35)16-28(30)45-12-11-44-4)34-22(8-13-46-34)32(38-33)20-6-7-24-27(14-20)40(3)18-37-24/h5-8,13-19H,1,9-12H2,2-4H3/t19-/m1/s1. The molecule has 4 aromatic heterocycles. The summed E-state index contributed by atoms with van der Waals surface area (Å²) in [5.74, 6) is -1.67. The van der Waals surface area contributed by atoms with Gasteiger partial charge in [-0.2, -0.15) is 5.10 Å². The molecule has 9 nitrogen and oxygen atoms in total. The first kappa shape index (κ1) is 29.8. The smallest absolute Gasteiger partial charge is 0.246 e. The molecule has 1 aliphatic rings. The summed E-state index contributed by atoms with van der Waals surface area (Å²) in [4.78, 5) is 24.0. The van der Waals surface area contributed by atoms with Gasteiger partial charge in [0.2, 0.25) is 5.91 Å². The van der Waals surface area contributed by atoms with Gasteiger partial charge in [-0.05, 0) is 42.6 Å². The number of ether oxygens (including phenoxy) is 2. The molecule has 46 heavy (non-hydrogen) atoms. The summed E-state index contributed by atoms with van der Waals surface area (Å²) >= 11 is 1.43. The molecule has 0 N–H and O–H groups in total. The second kappa shape index (κ2) is 11.8. The van der Waals surface area contributed by atoms with Crippen LogP contribution in [0.1, 0.15) is 18.7 Å². The zero-order valence-corrected chi connectivity index (χ0v) is 26.3. The monoisotopic (exact) mass is 640 g/mol. The molecule has 0 saturated heterocycles. The maximum absolute atomic E-state index is 16.0. The van der Waals surface area contributed by atoms with Crippen LogP contribution in [-0.4, -0.2) is 62.0 Å². The molecule has 7 rings (SSSR count). The third-order valence-electron chi connectivity index (χ3n) is 8.38. The molecule has 0 bridgehead atoms. The van der Waals surface area contributed by atoms with Gasteiger partial charge >= 0.3 is 0 Å². The van der Waals surface area contributed by atoms with E-state index in [2.05, 4.69) is 11.6 Å². The van der Waals surface area contributed by atoms with Crippen LogP contribution < -0.4 is 4.74 Å². The van der Waals surface area contributed by atoms with E-state index in [0.29, 0.717) is 35.7 Å². The highest BCUT2D eigenvalue weighted by Crippen LogP contribution is 2.47. The summed E-state index contributed by atoms with van der Waals surface area (Å²) in [5, 5.41) is 7.67. The predicted octanol–water partition coefficient (Wildman–Crippen LogP) is 6.77. The Bertz CT molecular complexity index is 2150. The number of aryl methyl sites for hydroxylation is 1. The Hall–Kier alpha value is -4.94. The number of pyridine rings is 1. The summed E-state index contributed by atoms with van der Waals surface area (Å²) in [6, 6.07) is 11.5. The Labute approximate surface area is 267 Å². The number of thiophene rings is 1. The average molecular weight is 641 g/mol. The molecular formula is C34H30F2N6O3S. The van der Waals surface area contributed by atoms with Crippen molar-refractivity contribution in [3.8, 4) is 39.5 Å². The van der Waals surface area contributed by atoms with Crippen molar-refractivity contribution in [3.05, 3.63) is 84.2 Å². The van der Waals surface area contributed by atoms with Gasteiger partial charge in [0.25, 0.3) is 0 Å². The van der Waals surface area contributed by atoms with Gasteiger partial charge in [-0.1, -0.05) is 12.6 Å². The van der Waals surface area contributed by atoms with Crippen LogP contribution in [0, 0.1) is 11.6 Å². The van der Waals surface area contributed by atoms with Gasteiger partial charge in [0.05, 0.1) is 53.5 Å². The van der Waals surface area contributed by atoms with Crippen LogP contribution in [0.5, 0.6) is 5.75 Å². The van der Waals surface area contributed by atoms with E-state index in [-0.39, 0.29) is 36.5 Å². The fourth-order valence-electron chi connectivity index (χ4n) is 6.11. The highest BCUT2D eigenvalue weighted by molar-refractivity contribution is 7.18. The lowest BCUT2D eigenvalue weighted by Gasteiger charge is -2.33. The number of methoxy groups -OCH3 is 1. The van der Waals surface area contributed by atoms with E-state index in [1.54, 1.807) is 11.2 Å². The summed E-state index contributed by atoms with van der Waals surface area (Å²) in [6.07, 6.45) is 3.07. The maximum Gasteiger partial charge on any atom is 0.246 e. The molecule has 234 valence electrons. The number of carbonyl (C=O) groups excluding carboxylic acids is 1. The fourth-order valence-corrected chi connectivity index (χ4v) is 7.06. The lowest BCUT2D eigenvalue weighted by atomic mass is 9.96. The Balaban J connectivity index is 1.51. The Morgan fingerprint density at radius 3 is 2.76 bits per heavy atom. The van der Waals surface area contributed by atoms with E-state index in [1.165, 1.54) is 30.6 Å². The van der Waals surface area contributed by atoms with Crippen LogP contribution in [0.3, 0.4) is 0 Å². The van der Waals surface area contributed by atoms with Crippen molar-refractivity contribution in [1.82, 2.24) is 29.2 Å². The quantitative estimate of drug-likeness (QED) is 0.135. The number of carbonyl (C=O) groups is 1. The molecule has 5 heterocycles. The minimum atomic E-state index is -0.783. The van der Waals surface area contributed by atoms with Crippen molar-refractivity contribution in [1.29, 1.82) is 0 Å². The first-order valence-electron chi connectivity index (χ1n) is 14.7. The Kier molecular flexibility index (Phi) is 7.61. The van der Waals surface area contributed by atoms with E-state index < -0.39 is 11.6 Å². The van der Waals surface area contributed by atoms with Gasteiger partial charge in [-0.3, -0.25) is 9.48 Å². The molecular weight excluding hydrogens is 610 g/mol. The van der Waals surface area contributed by atoms with Crippen molar-refractivity contribution in [2.45, 2.75) is 19.5 Å². The van der Waals surface area contributed by atoms with Gasteiger partial charge in [0.15, 0.2) is 0 Å². The third kappa shape index (κ3) is 4.94. The fraction of sp³-hybridized carbons (Fsp3) is 0.235. The first-order valence-corrected chi connectivity index (χ1v) is 15.6. The molecule has 2 aromatic carbocycles. The van der Waals surface area contributed by atoms with Crippen LogP contribution >= 0.6 is 11.3 Å². The number of rotatable bonds is 8. The first-order chi connectivity index (χ1) is 22.3. The van der Waals surface area contributed by atoms with Crippen LogP contribution in [-0.2, 0) is 23.1 Å². The second-order valence-corrected chi connectivity index (χ2v) is 12.0. The minimum Gasteiger partial charge on any atom is -0.490 e. The lowest BCUT2D eigenvalue weighted by Crippen LogP contribution is -2.40. The normalized spacial score (nSPS) is 14.6. The highest BCUT2D eigenvalue weighted by Gasteiger charge is 2.31. The zero-order valence-electron chi connectivity index (χ0n) is 25.5. The number of hydrogen-bond donors (Lipinski definition) is 0. The van der Waals surface area contributed by atoms with E-state index in [9.17, 15) is 9.18 Å². The molecule has 0 radical (unpaired) electrons. The van der Waals surface area contributed by atoms with E-state index >= 15 is 4.39 Å². The number of benzene rings is 2. The maximum atomic E-state index is 16.0. The number of fused-ring (bicyclic) bond motifs is 3. The molecule has 12 heteroatoms. The predicted molar refractivity (Wildman–Crippen MR) is 174 cm³/mol. The summed E-state index contributed by atoms with van der Waals surface area (Å²) in [5.41, 5.74) is 5.57. The van der Waals surface area contributed by atoms with Crippen molar-refractivity contribution in [3.63, 3.8) is 0 Å². The molecule has 0 fully saturated rings. The largest absolute Gasteiger partial charge is 0.490 e. The van der Waals surface area contributed by atoms with Gasteiger partial charge in [0.1, 0.15) is 35.4 Å². The highest BCUT2D eigenvalue weighted by atomic mass is 32.1. The summed E-state index contributed by atoms with van der Waals surface area (Å²) in [7, 11) is 3.46. The zero-order chi connectivity index (χ0) is 32.1. The number of aromatic nitrogens is 5. The van der Waals surface area contributed by atoms with Crippen molar-refractivity contribution >= 4 is 38.4 Å². The number of hydrogen-bond acceptors (Lipinski definition) is 7. The molecule has 0 unspecified atom stereocenters. The molecule has 0 saturated carbocycles. The molecule has 0 spiro atoms. The van der Waals surface area contributed by atoms with E-state index in [4.69, 9.17) is 19.6 Å². The summed E-state index contributed by atoms with van der Waals surface area (Å²) < 4.78 is 46.3. The van der Waals surface area contributed by atoms with Crippen molar-refractivity contribution in [2.24, 2.45) is 7.05 Å². The molecule has 1 amide bonds. The van der Waals surface area contributed by atoms with Gasteiger partial charge in [-0.25, -0.2) is 18.7 Å². The van der Waals surface area contributed by atoms with E-state index in [0.717, 1.165) is 38.4 Å². The lowest BCUT2D eigenvalue weighted by molar-refractivity contribution is -0.129. The SMILES string of the molecule is C=CC(=O)N1CCn2nc(-c3nc(-c4ccc5ncn(C)c5c4)c4ccsc4c3-c3c(F)cc(F)cc3OCCOC)cc2[C@H]1C. The number of imidazole rings is 1. The molecule has 1 atom stereocenters. The number of amides is 1. The molecule has 6 aromatic rings. The Morgan fingerprint density at radius 2 is 1.96 bits per heavy atom. The second-order valence-electron chi connectivity index (χ2n) is 11.1. The van der Waals surface area contributed by atoms with Crippen LogP contribution in [0.15, 0.2) is 66.8 Å². The van der Waals surface area contributed by atoms with Crippen molar-refractivity contribution in [2.75, 3.05) is 26.9 Å². The van der Waals surface area contributed by atoms with Gasteiger partial charge in [-0.15, -0.1) is 11.3 Å². The average Bonchev–Trinajstić information content (AvgIpc) is 3.80. The molecule has 0 aliphatic carbocycles. The van der Waals surface area contributed by atoms with Gasteiger partial charge < -0.3 is 18.9 Å². The van der Waals surface area contributed by atoms with Crippen LogP contribution in [0.2, 0.25) is 0 Å². The minimum absolute atomic E-state index is 0.0384. The van der Waals surface area contributed by atoms with Crippen molar-refractivity contribution < 1.29 is 23.0 Å². The topological polar surface area (TPSA) is 87.3 Å². The van der Waals surface area contributed by atoms with Gasteiger partial charge in [0, 0.05) is 54.0 Å². The third-order valence-corrected chi connectivity index (χ3v) is 9.31. The van der Waals surface area contributed by atoms with E-state index in [1.807, 2.05) is 58.9 Å². The number of nitrogens with zero attached hydrogens (tertiary/aromatic N) is 6. The molecule has 1 aliphatic heterocycles. The van der Waals surface area contributed by atoms with Crippen LogP contribution in [0.25, 0.3) is 54.9 Å². The Morgan fingerprint density at radius 1 is 1.11 bits per heavy atom. The number of halogens is 2. The summed E-state index contributed by atoms with van der Waals surface area (Å²) in [6.45, 7) is 6.84. The van der Waals surface area contributed by atoms with Crippen LogP contribution in [0.4, 0.5) is 8.78 Å².